The number of nitrogens with one attached hydrogen (secondary N) is 2. The summed E-state index contributed by atoms with van der Waals surface area (Å²) in [6, 6.07) is 8.95. The van der Waals surface area contributed by atoms with E-state index in [1.54, 1.807) is 0 Å². The molecule has 0 spiro atoms. The summed E-state index contributed by atoms with van der Waals surface area (Å²) in [5.74, 6) is 1.43. The number of hydrogen-bond donors (Lipinski definition) is 2. The molecule has 2 aromatic rings. The zero-order valence-electron chi connectivity index (χ0n) is 18.6. The molecule has 0 radical (unpaired) electrons. The summed E-state index contributed by atoms with van der Waals surface area (Å²) in [4.78, 5) is 0. The number of allylic oxidation sites excluding steroid dienone is 2. The maximum absolute atomic E-state index is 8.81. The van der Waals surface area contributed by atoms with Gasteiger partial charge in [0, 0.05) is 12.6 Å². The van der Waals surface area contributed by atoms with E-state index in [-0.39, 0.29) is 0 Å². The van der Waals surface area contributed by atoms with Crippen LogP contribution in [0.2, 0.25) is 0 Å². The van der Waals surface area contributed by atoms with Gasteiger partial charge in [-0.2, -0.15) is 5.10 Å². The van der Waals surface area contributed by atoms with E-state index in [0.29, 0.717) is 17.7 Å². The fourth-order valence-electron chi connectivity index (χ4n) is 3.48. The summed E-state index contributed by atoms with van der Waals surface area (Å²) >= 11 is 0. The molecule has 0 aliphatic carbocycles. The normalized spacial score (nSPS) is 12.1. The van der Waals surface area contributed by atoms with Gasteiger partial charge in [0.05, 0.1) is 17.3 Å². The Morgan fingerprint density at radius 3 is 2.21 bits per heavy atom. The highest BCUT2D eigenvalue weighted by atomic mass is 15.3. The van der Waals surface area contributed by atoms with Crippen molar-refractivity contribution >= 4 is 11.5 Å². The Morgan fingerprint density at radius 2 is 1.75 bits per heavy atom. The van der Waals surface area contributed by atoms with E-state index in [2.05, 4.69) is 75.8 Å². The van der Waals surface area contributed by atoms with E-state index < -0.39 is 0 Å². The Morgan fingerprint density at radius 1 is 1.14 bits per heavy atom. The molecule has 0 atom stereocenters. The van der Waals surface area contributed by atoms with Gasteiger partial charge in [0.2, 0.25) is 0 Å². The molecule has 152 valence electrons. The van der Waals surface area contributed by atoms with Crippen LogP contribution in [0.3, 0.4) is 0 Å². The van der Waals surface area contributed by atoms with Crippen LogP contribution >= 0.6 is 0 Å². The van der Waals surface area contributed by atoms with Crippen molar-refractivity contribution in [3.05, 3.63) is 47.0 Å². The summed E-state index contributed by atoms with van der Waals surface area (Å²) in [6.45, 7) is 13.0. The molecule has 0 aliphatic heterocycles. The van der Waals surface area contributed by atoms with Crippen molar-refractivity contribution in [2.45, 2.75) is 72.8 Å². The molecule has 28 heavy (non-hydrogen) atoms. The van der Waals surface area contributed by atoms with Crippen LogP contribution < -0.4 is 5.32 Å². The Kier molecular flexibility index (Phi) is 7.61. The molecule has 0 amide bonds. The maximum atomic E-state index is 8.81. The zero-order chi connectivity index (χ0) is 20.8. The van der Waals surface area contributed by atoms with E-state index in [4.69, 9.17) is 10.5 Å². The van der Waals surface area contributed by atoms with Crippen LogP contribution in [0.25, 0.3) is 11.3 Å². The molecule has 1 heterocycles. The third-order valence-electron chi connectivity index (χ3n) is 5.50. The average Bonchev–Trinajstić information content (AvgIpc) is 3.08. The largest absolute Gasteiger partial charge is 0.373 e. The van der Waals surface area contributed by atoms with Gasteiger partial charge in [0.1, 0.15) is 11.5 Å². The molecule has 0 saturated heterocycles. The van der Waals surface area contributed by atoms with Crippen LogP contribution in [0.15, 0.2) is 35.9 Å². The lowest BCUT2D eigenvalue weighted by molar-refractivity contribution is 0.434. The minimum atomic E-state index is 0.314. The molecular formula is C24H36N4. The minimum Gasteiger partial charge on any atom is -0.373 e. The van der Waals surface area contributed by atoms with Crippen LogP contribution in [0.5, 0.6) is 0 Å². The molecule has 4 heteroatoms. The topological polar surface area (TPSA) is 53.7 Å². The predicted molar refractivity (Wildman–Crippen MR) is 122 cm³/mol. The Bertz CT molecular complexity index is 821. The molecule has 4 nitrogen and oxygen atoms in total. The van der Waals surface area contributed by atoms with E-state index in [0.717, 1.165) is 41.9 Å². The van der Waals surface area contributed by atoms with Gasteiger partial charge < -0.3 is 10.7 Å². The minimum absolute atomic E-state index is 0.314. The first kappa shape index (κ1) is 21.9. The number of anilines is 1. The molecular weight excluding hydrogens is 344 g/mol. The summed E-state index contributed by atoms with van der Waals surface area (Å²) in [5, 5.41) is 17.1. The van der Waals surface area contributed by atoms with Gasteiger partial charge in [-0.05, 0) is 43.7 Å². The van der Waals surface area contributed by atoms with E-state index in [1.165, 1.54) is 11.1 Å². The number of aromatic nitrogens is 2. The van der Waals surface area contributed by atoms with E-state index in [1.807, 2.05) is 13.1 Å². The Balaban J connectivity index is 2.69. The predicted octanol–water partition coefficient (Wildman–Crippen LogP) is 6.80. The molecule has 0 saturated carbocycles. The van der Waals surface area contributed by atoms with Crippen LogP contribution in [0, 0.1) is 5.41 Å². The monoisotopic (exact) mass is 380 g/mol. The molecule has 0 bridgehead atoms. The first-order chi connectivity index (χ1) is 13.4. The third-order valence-corrected chi connectivity index (χ3v) is 5.50. The van der Waals surface area contributed by atoms with E-state index >= 15 is 0 Å². The lowest BCUT2D eigenvalue weighted by atomic mass is 9.98. The number of nitrogens with zero attached hydrogens (tertiary/aromatic N) is 2. The Hall–Kier alpha value is -2.36. The molecule has 0 unspecified atom stereocenters. The Labute approximate surface area is 170 Å². The molecule has 0 aliphatic rings. The second-order valence-corrected chi connectivity index (χ2v) is 7.77. The lowest BCUT2D eigenvalue weighted by Crippen LogP contribution is -2.13. The summed E-state index contributed by atoms with van der Waals surface area (Å²) < 4.78 is 2.09. The van der Waals surface area contributed by atoms with Crippen molar-refractivity contribution in [2.24, 2.45) is 0 Å². The summed E-state index contributed by atoms with van der Waals surface area (Å²) in [5.41, 5.74) is 5.87. The third kappa shape index (κ3) is 4.54. The number of rotatable bonds is 9. The van der Waals surface area contributed by atoms with Gasteiger partial charge in [-0.15, -0.1) is 0 Å². The molecule has 1 aromatic carbocycles. The fourth-order valence-corrected chi connectivity index (χ4v) is 3.48. The van der Waals surface area contributed by atoms with Gasteiger partial charge in [0.15, 0.2) is 0 Å². The first-order valence-corrected chi connectivity index (χ1v) is 10.5. The SMILES string of the molecule is CC/C(C)=C/C(=N)c1c(-c2ccc(C(C)C)cc2)nn(C(CC)CC)c1NC. The van der Waals surface area contributed by atoms with Gasteiger partial charge in [-0.25, -0.2) is 4.68 Å². The zero-order valence-corrected chi connectivity index (χ0v) is 18.6. The highest BCUT2D eigenvalue weighted by Gasteiger charge is 2.24. The van der Waals surface area contributed by atoms with Gasteiger partial charge >= 0.3 is 0 Å². The van der Waals surface area contributed by atoms with Gasteiger partial charge in [0.25, 0.3) is 0 Å². The van der Waals surface area contributed by atoms with Crippen LogP contribution in [0.1, 0.15) is 83.9 Å². The van der Waals surface area contributed by atoms with Crippen molar-refractivity contribution < 1.29 is 0 Å². The van der Waals surface area contributed by atoms with Crippen LogP contribution in [0.4, 0.5) is 5.82 Å². The van der Waals surface area contributed by atoms with Crippen molar-refractivity contribution in [2.75, 3.05) is 12.4 Å². The number of benzene rings is 1. The molecule has 2 N–H and O–H groups in total. The smallest absolute Gasteiger partial charge is 0.134 e. The summed E-state index contributed by atoms with van der Waals surface area (Å²) in [7, 11) is 1.93. The fraction of sp³-hybridized carbons (Fsp3) is 0.500. The maximum Gasteiger partial charge on any atom is 0.134 e. The van der Waals surface area contributed by atoms with Crippen molar-refractivity contribution in [3.63, 3.8) is 0 Å². The molecule has 1 aromatic heterocycles. The van der Waals surface area contributed by atoms with Crippen LogP contribution in [-0.2, 0) is 0 Å². The second-order valence-electron chi connectivity index (χ2n) is 7.77. The van der Waals surface area contributed by atoms with Crippen molar-refractivity contribution in [1.82, 2.24) is 9.78 Å². The number of hydrogen-bond acceptors (Lipinski definition) is 3. The van der Waals surface area contributed by atoms with Gasteiger partial charge in [-0.1, -0.05) is 64.5 Å². The quantitative estimate of drug-likeness (QED) is 0.470. The van der Waals surface area contributed by atoms with Crippen molar-refractivity contribution in [1.29, 1.82) is 5.41 Å². The second kappa shape index (κ2) is 9.72. The highest BCUT2D eigenvalue weighted by Crippen LogP contribution is 2.34. The first-order valence-electron chi connectivity index (χ1n) is 10.5. The average molecular weight is 381 g/mol. The standard InChI is InChI=1S/C24H36N4/c1-8-17(6)15-21(25)22-23(19-13-11-18(12-14-19)16(4)5)27-28(24(22)26-7)20(9-2)10-3/h11-16,20,25-26H,8-10H2,1-7H3/b17-15+,25-21?. The molecule has 0 fully saturated rings. The summed E-state index contributed by atoms with van der Waals surface area (Å²) in [6.07, 6.45) is 4.93. The van der Waals surface area contributed by atoms with Crippen LogP contribution in [-0.4, -0.2) is 22.5 Å². The van der Waals surface area contributed by atoms with E-state index in [9.17, 15) is 0 Å². The molecule has 2 rings (SSSR count). The highest BCUT2D eigenvalue weighted by molar-refractivity contribution is 6.14. The lowest BCUT2D eigenvalue weighted by Gasteiger charge is -2.17. The van der Waals surface area contributed by atoms with Crippen molar-refractivity contribution in [3.8, 4) is 11.3 Å². The van der Waals surface area contributed by atoms with Gasteiger partial charge in [-0.3, -0.25) is 0 Å².